The van der Waals surface area contributed by atoms with E-state index in [4.69, 9.17) is 4.74 Å². The van der Waals surface area contributed by atoms with E-state index in [9.17, 15) is 8.78 Å². The summed E-state index contributed by atoms with van der Waals surface area (Å²) in [6.07, 6.45) is 3.98. The molecule has 2 fully saturated rings. The van der Waals surface area contributed by atoms with E-state index in [-0.39, 0.29) is 0 Å². The van der Waals surface area contributed by atoms with Gasteiger partial charge in [-0.2, -0.15) is 0 Å². The van der Waals surface area contributed by atoms with Crippen LogP contribution in [0.3, 0.4) is 0 Å². The van der Waals surface area contributed by atoms with Crippen LogP contribution in [0.15, 0.2) is 0 Å². The molecule has 3 unspecified atom stereocenters. The van der Waals surface area contributed by atoms with Crippen molar-refractivity contribution in [2.75, 3.05) is 26.3 Å². The fraction of sp³-hybridized carbons (Fsp3) is 1.00. The molecule has 1 saturated heterocycles. The van der Waals surface area contributed by atoms with Crippen molar-refractivity contribution < 1.29 is 13.5 Å². The Morgan fingerprint density at radius 2 is 2.11 bits per heavy atom. The Morgan fingerprint density at radius 3 is 2.83 bits per heavy atom. The summed E-state index contributed by atoms with van der Waals surface area (Å²) in [4.78, 5) is 0. The van der Waals surface area contributed by atoms with Crippen molar-refractivity contribution in [3.05, 3.63) is 0 Å². The zero-order valence-corrected chi connectivity index (χ0v) is 10.8. The summed E-state index contributed by atoms with van der Waals surface area (Å²) in [7, 11) is 0. The van der Waals surface area contributed by atoms with Gasteiger partial charge in [-0.1, -0.05) is 6.42 Å². The molecule has 0 bridgehead atoms. The summed E-state index contributed by atoms with van der Waals surface area (Å²) < 4.78 is 28.6. The molecule has 0 amide bonds. The first-order valence-corrected chi connectivity index (χ1v) is 7.10. The highest BCUT2D eigenvalue weighted by Crippen LogP contribution is 2.31. The van der Waals surface area contributed by atoms with Gasteiger partial charge in [-0.3, -0.25) is 0 Å². The van der Waals surface area contributed by atoms with E-state index >= 15 is 0 Å². The van der Waals surface area contributed by atoms with Crippen molar-refractivity contribution in [2.24, 2.45) is 5.92 Å². The van der Waals surface area contributed by atoms with Crippen LogP contribution in [0.1, 0.15) is 32.1 Å². The Balaban J connectivity index is 1.62. The molecule has 1 aliphatic carbocycles. The number of hydrogen-bond acceptors (Lipinski definition) is 3. The lowest BCUT2D eigenvalue weighted by Crippen LogP contribution is -2.43. The van der Waals surface area contributed by atoms with E-state index in [0.717, 1.165) is 6.54 Å². The van der Waals surface area contributed by atoms with E-state index in [1.807, 2.05) is 0 Å². The maximum atomic E-state index is 11.9. The molecule has 106 valence electrons. The molecular weight excluding hydrogens is 238 g/mol. The summed E-state index contributed by atoms with van der Waals surface area (Å²) in [6.45, 7) is 1.76. The largest absolute Gasteiger partial charge is 0.374 e. The SMILES string of the molecule is FC(F)COCCNC1CCCC1C1CCCN1. The molecule has 0 aromatic carbocycles. The fourth-order valence-electron chi connectivity index (χ4n) is 3.29. The molecule has 0 aromatic heterocycles. The van der Waals surface area contributed by atoms with Gasteiger partial charge in [0.1, 0.15) is 6.61 Å². The number of nitrogens with one attached hydrogen (secondary N) is 2. The van der Waals surface area contributed by atoms with Crippen LogP contribution in [0.2, 0.25) is 0 Å². The van der Waals surface area contributed by atoms with Crippen molar-refractivity contribution in [3.63, 3.8) is 0 Å². The normalized spacial score (nSPS) is 32.5. The lowest BCUT2D eigenvalue weighted by molar-refractivity contribution is 0.0178. The topological polar surface area (TPSA) is 33.3 Å². The lowest BCUT2D eigenvalue weighted by atomic mass is 9.93. The van der Waals surface area contributed by atoms with Crippen molar-refractivity contribution >= 4 is 0 Å². The van der Waals surface area contributed by atoms with Crippen molar-refractivity contribution in [1.29, 1.82) is 0 Å². The molecular formula is C13H24F2N2O. The summed E-state index contributed by atoms with van der Waals surface area (Å²) in [5.74, 6) is 0.711. The maximum Gasteiger partial charge on any atom is 0.261 e. The van der Waals surface area contributed by atoms with Crippen LogP contribution in [0.4, 0.5) is 8.78 Å². The number of halogens is 2. The van der Waals surface area contributed by atoms with Crippen LogP contribution < -0.4 is 10.6 Å². The molecule has 1 heterocycles. The van der Waals surface area contributed by atoms with Gasteiger partial charge in [-0.05, 0) is 38.1 Å². The number of alkyl halides is 2. The van der Waals surface area contributed by atoms with Crippen molar-refractivity contribution in [2.45, 2.75) is 50.6 Å². The van der Waals surface area contributed by atoms with E-state index in [2.05, 4.69) is 10.6 Å². The second-order valence-electron chi connectivity index (χ2n) is 5.32. The van der Waals surface area contributed by atoms with Gasteiger partial charge >= 0.3 is 0 Å². The van der Waals surface area contributed by atoms with Gasteiger partial charge in [-0.15, -0.1) is 0 Å². The Hall–Kier alpha value is -0.260. The first kappa shape index (κ1) is 14.2. The third-order valence-corrected chi connectivity index (χ3v) is 4.08. The van der Waals surface area contributed by atoms with Crippen LogP contribution >= 0.6 is 0 Å². The number of rotatable bonds is 7. The second-order valence-corrected chi connectivity index (χ2v) is 5.32. The van der Waals surface area contributed by atoms with Crippen LogP contribution in [0.25, 0.3) is 0 Å². The minimum Gasteiger partial charge on any atom is -0.374 e. The highest BCUT2D eigenvalue weighted by molar-refractivity contribution is 4.93. The molecule has 3 atom stereocenters. The molecule has 0 aromatic rings. The molecule has 0 spiro atoms. The average molecular weight is 262 g/mol. The summed E-state index contributed by atoms with van der Waals surface area (Å²) in [5, 5.41) is 7.05. The lowest BCUT2D eigenvalue weighted by Gasteiger charge is -2.26. The predicted octanol–water partition coefficient (Wildman–Crippen LogP) is 1.78. The molecule has 0 radical (unpaired) electrons. The third-order valence-electron chi connectivity index (χ3n) is 4.08. The monoisotopic (exact) mass is 262 g/mol. The fourth-order valence-corrected chi connectivity index (χ4v) is 3.29. The number of hydrogen-bond donors (Lipinski definition) is 2. The van der Waals surface area contributed by atoms with Gasteiger partial charge < -0.3 is 15.4 Å². The summed E-state index contributed by atoms with van der Waals surface area (Å²) in [6, 6.07) is 1.20. The van der Waals surface area contributed by atoms with Gasteiger partial charge in [-0.25, -0.2) is 8.78 Å². The molecule has 2 rings (SSSR count). The van der Waals surface area contributed by atoms with E-state index < -0.39 is 13.0 Å². The maximum absolute atomic E-state index is 11.9. The minimum absolute atomic E-state index is 0.381. The van der Waals surface area contributed by atoms with Crippen LogP contribution in [0, 0.1) is 5.92 Å². The zero-order chi connectivity index (χ0) is 12.8. The highest BCUT2D eigenvalue weighted by atomic mass is 19.3. The van der Waals surface area contributed by atoms with Gasteiger partial charge in [0.05, 0.1) is 6.61 Å². The first-order chi connectivity index (χ1) is 8.77. The third kappa shape index (κ3) is 4.14. The predicted molar refractivity (Wildman–Crippen MR) is 67.0 cm³/mol. The molecule has 5 heteroatoms. The molecule has 1 saturated carbocycles. The van der Waals surface area contributed by atoms with E-state index in [0.29, 0.717) is 31.2 Å². The van der Waals surface area contributed by atoms with Crippen molar-refractivity contribution in [1.82, 2.24) is 10.6 Å². The van der Waals surface area contributed by atoms with E-state index in [1.54, 1.807) is 0 Å². The highest BCUT2D eigenvalue weighted by Gasteiger charge is 2.34. The Kier molecular flexibility index (Phi) is 5.79. The molecule has 2 N–H and O–H groups in total. The molecule has 18 heavy (non-hydrogen) atoms. The van der Waals surface area contributed by atoms with Gasteiger partial charge in [0.2, 0.25) is 0 Å². The van der Waals surface area contributed by atoms with Crippen LogP contribution in [-0.2, 0) is 4.74 Å². The molecule has 1 aliphatic heterocycles. The Bertz CT molecular complexity index is 235. The standard InChI is InChI=1S/C13H24F2N2O/c14-13(15)9-18-8-7-17-11-4-1-3-10(11)12-5-2-6-16-12/h10-13,16-17H,1-9H2. The number of ether oxygens (including phenoxy) is 1. The van der Waals surface area contributed by atoms with Crippen LogP contribution in [0.5, 0.6) is 0 Å². The average Bonchev–Trinajstić information content (AvgIpc) is 2.97. The van der Waals surface area contributed by atoms with E-state index in [1.165, 1.54) is 32.1 Å². The van der Waals surface area contributed by atoms with Crippen LogP contribution in [-0.4, -0.2) is 44.8 Å². The summed E-state index contributed by atoms with van der Waals surface area (Å²) in [5.41, 5.74) is 0. The minimum atomic E-state index is -2.35. The van der Waals surface area contributed by atoms with Gasteiger partial charge in [0.15, 0.2) is 0 Å². The Morgan fingerprint density at radius 1 is 1.22 bits per heavy atom. The van der Waals surface area contributed by atoms with Gasteiger partial charge in [0, 0.05) is 18.6 Å². The molecule has 3 nitrogen and oxygen atoms in total. The van der Waals surface area contributed by atoms with Crippen molar-refractivity contribution in [3.8, 4) is 0 Å². The second kappa shape index (κ2) is 7.36. The smallest absolute Gasteiger partial charge is 0.261 e. The summed E-state index contributed by atoms with van der Waals surface area (Å²) >= 11 is 0. The van der Waals surface area contributed by atoms with Gasteiger partial charge in [0.25, 0.3) is 6.43 Å². The molecule has 2 aliphatic rings. The quantitative estimate of drug-likeness (QED) is 0.686. The Labute approximate surface area is 108 Å². The first-order valence-electron chi connectivity index (χ1n) is 7.10. The zero-order valence-electron chi connectivity index (χ0n) is 10.8.